The molecule has 0 aromatic carbocycles. The van der Waals surface area contributed by atoms with Crippen LogP contribution >= 0.6 is 0 Å². The predicted molar refractivity (Wildman–Crippen MR) is 35.0 cm³/mol. The number of morpholine rings is 1. The molecule has 0 spiro atoms. The molecule has 1 aliphatic heterocycles. The number of amides is 1. The Labute approximate surface area is 63.3 Å². The monoisotopic (exact) mass is 159 g/mol. The van der Waals surface area contributed by atoms with E-state index in [0.717, 1.165) is 0 Å². The van der Waals surface area contributed by atoms with Crippen molar-refractivity contribution in [1.29, 1.82) is 0 Å². The highest BCUT2D eigenvalue weighted by Crippen LogP contribution is 2.02. The Bertz CT molecular complexity index is 179. The minimum absolute atomic E-state index is 0.258. The van der Waals surface area contributed by atoms with E-state index in [4.69, 9.17) is 9.84 Å². The van der Waals surface area contributed by atoms with E-state index >= 15 is 0 Å². The first kappa shape index (κ1) is 8.00. The zero-order valence-electron chi connectivity index (χ0n) is 5.87. The fraction of sp³-hybridized carbons (Fsp3) is 0.667. The number of carbonyl (C=O) groups excluding carboxylic acids is 1. The van der Waals surface area contributed by atoms with Crippen molar-refractivity contribution in [2.75, 3.05) is 13.2 Å². The van der Waals surface area contributed by atoms with Gasteiger partial charge in [-0.2, -0.15) is 0 Å². The smallest absolute Gasteiger partial charge is 0.306 e. The van der Waals surface area contributed by atoms with Crippen LogP contribution in [0.1, 0.15) is 6.42 Å². The number of ether oxygens (including phenoxy) is 1. The van der Waals surface area contributed by atoms with Gasteiger partial charge in [0.1, 0.15) is 6.10 Å². The molecule has 0 aromatic heterocycles. The number of nitrogens with one attached hydrogen (secondary N) is 1. The molecule has 0 aliphatic carbocycles. The van der Waals surface area contributed by atoms with Crippen molar-refractivity contribution < 1.29 is 19.4 Å². The van der Waals surface area contributed by atoms with Crippen LogP contribution in [0.25, 0.3) is 0 Å². The van der Waals surface area contributed by atoms with Crippen LogP contribution in [0, 0.1) is 0 Å². The van der Waals surface area contributed by atoms with Gasteiger partial charge in [0.05, 0.1) is 13.0 Å². The number of carboxylic acids is 1. The molecular formula is C6H9NO4. The van der Waals surface area contributed by atoms with Crippen LogP contribution in [0.3, 0.4) is 0 Å². The van der Waals surface area contributed by atoms with E-state index < -0.39 is 12.1 Å². The lowest BCUT2D eigenvalue weighted by Gasteiger charge is -2.20. The zero-order valence-corrected chi connectivity index (χ0v) is 5.87. The third kappa shape index (κ3) is 2.19. The maximum atomic E-state index is 10.8. The van der Waals surface area contributed by atoms with Crippen LogP contribution in [0.4, 0.5) is 0 Å². The molecule has 1 aliphatic rings. The highest BCUT2D eigenvalue weighted by Gasteiger charge is 2.24. The van der Waals surface area contributed by atoms with E-state index in [2.05, 4.69) is 5.32 Å². The number of hydrogen-bond donors (Lipinski definition) is 2. The topological polar surface area (TPSA) is 75.6 Å². The molecule has 62 valence electrons. The van der Waals surface area contributed by atoms with Gasteiger partial charge in [0.25, 0.3) is 0 Å². The molecule has 0 saturated carbocycles. The van der Waals surface area contributed by atoms with Crippen LogP contribution in [0.5, 0.6) is 0 Å². The van der Waals surface area contributed by atoms with Crippen molar-refractivity contribution in [3.8, 4) is 0 Å². The fourth-order valence-corrected chi connectivity index (χ4v) is 0.875. The van der Waals surface area contributed by atoms with E-state index in [0.29, 0.717) is 13.2 Å². The number of rotatable bonds is 2. The van der Waals surface area contributed by atoms with Crippen molar-refractivity contribution in [2.24, 2.45) is 0 Å². The molecule has 0 radical (unpaired) electrons. The lowest BCUT2D eigenvalue weighted by Crippen LogP contribution is -2.45. The molecule has 0 aromatic rings. The summed E-state index contributed by atoms with van der Waals surface area (Å²) in [6.45, 7) is 0.860. The van der Waals surface area contributed by atoms with Crippen LogP contribution in [-0.2, 0) is 14.3 Å². The molecule has 1 fully saturated rings. The van der Waals surface area contributed by atoms with Gasteiger partial charge >= 0.3 is 5.97 Å². The van der Waals surface area contributed by atoms with Gasteiger partial charge < -0.3 is 15.2 Å². The lowest BCUT2D eigenvalue weighted by molar-refractivity contribution is -0.149. The Morgan fingerprint density at radius 3 is 3.09 bits per heavy atom. The van der Waals surface area contributed by atoms with Crippen molar-refractivity contribution in [2.45, 2.75) is 12.5 Å². The molecule has 1 heterocycles. The molecule has 1 saturated heterocycles. The number of carboxylic acid groups (broad SMARTS) is 1. The largest absolute Gasteiger partial charge is 0.481 e. The molecule has 2 N–H and O–H groups in total. The summed E-state index contributed by atoms with van der Waals surface area (Å²) in [6, 6.07) is 0. The number of aliphatic carboxylic acids is 1. The number of carbonyl (C=O) groups is 2. The van der Waals surface area contributed by atoms with Gasteiger partial charge in [-0.1, -0.05) is 0 Å². The summed E-state index contributed by atoms with van der Waals surface area (Å²) in [7, 11) is 0. The van der Waals surface area contributed by atoms with Crippen molar-refractivity contribution >= 4 is 11.9 Å². The maximum Gasteiger partial charge on any atom is 0.306 e. The van der Waals surface area contributed by atoms with E-state index in [1.165, 1.54) is 0 Å². The summed E-state index contributed by atoms with van der Waals surface area (Å²) in [5.74, 6) is -1.36. The predicted octanol–water partition coefficient (Wildman–Crippen LogP) is -1.02. The normalized spacial score (nSPS) is 24.4. The van der Waals surface area contributed by atoms with Gasteiger partial charge in [0.2, 0.25) is 5.91 Å². The van der Waals surface area contributed by atoms with Gasteiger partial charge in [-0.15, -0.1) is 0 Å². The Hall–Kier alpha value is -1.10. The third-order valence-corrected chi connectivity index (χ3v) is 1.37. The van der Waals surface area contributed by atoms with Crippen molar-refractivity contribution in [1.82, 2.24) is 5.32 Å². The summed E-state index contributed by atoms with van der Waals surface area (Å²) in [6.07, 6.45) is -1.06. The molecule has 1 unspecified atom stereocenters. The summed E-state index contributed by atoms with van der Waals surface area (Å²) >= 11 is 0. The quantitative estimate of drug-likeness (QED) is 0.540. The van der Waals surface area contributed by atoms with Crippen LogP contribution < -0.4 is 5.32 Å². The van der Waals surface area contributed by atoms with Gasteiger partial charge in [-0.25, -0.2) is 0 Å². The first-order valence-corrected chi connectivity index (χ1v) is 3.31. The highest BCUT2D eigenvalue weighted by molar-refractivity contribution is 5.85. The molecular weight excluding hydrogens is 150 g/mol. The van der Waals surface area contributed by atoms with Crippen LogP contribution in [-0.4, -0.2) is 36.2 Å². The molecule has 0 bridgehead atoms. The molecule has 11 heavy (non-hydrogen) atoms. The maximum absolute atomic E-state index is 10.8. The molecule has 1 amide bonds. The second-order valence-electron chi connectivity index (χ2n) is 2.25. The molecule has 5 heteroatoms. The average Bonchev–Trinajstić information content (AvgIpc) is 1.93. The molecule has 1 atom stereocenters. The van der Waals surface area contributed by atoms with Crippen LogP contribution in [0.2, 0.25) is 0 Å². The third-order valence-electron chi connectivity index (χ3n) is 1.37. The van der Waals surface area contributed by atoms with E-state index in [1.807, 2.05) is 0 Å². The van der Waals surface area contributed by atoms with Gasteiger partial charge in [-0.05, 0) is 0 Å². The second kappa shape index (κ2) is 3.34. The van der Waals surface area contributed by atoms with Crippen LogP contribution in [0.15, 0.2) is 0 Å². The minimum Gasteiger partial charge on any atom is -0.481 e. The summed E-state index contributed by atoms with van der Waals surface area (Å²) in [5, 5.41) is 10.8. The Kier molecular flexibility index (Phi) is 2.43. The highest BCUT2D eigenvalue weighted by atomic mass is 16.5. The van der Waals surface area contributed by atoms with Crippen molar-refractivity contribution in [3.63, 3.8) is 0 Å². The summed E-state index contributed by atoms with van der Waals surface area (Å²) < 4.78 is 4.91. The van der Waals surface area contributed by atoms with E-state index in [-0.39, 0.29) is 12.3 Å². The fourth-order valence-electron chi connectivity index (χ4n) is 0.875. The number of hydrogen-bond acceptors (Lipinski definition) is 3. The molecule has 1 rings (SSSR count). The first-order valence-electron chi connectivity index (χ1n) is 3.31. The van der Waals surface area contributed by atoms with Gasteiger partial charge in [0.15, 0.2) is 0 Å². The lowest BCUT2D eigenvalue weighted by atomic mass is 10.2. The SMILES string of the molecule is O=C(O)CC1OCCNC1=O. The minimum atomic E-state index is -1.02. The average molecular weight is 159 g/mol. The Morgan fingerprint density at radius 2 is 2.55 bits per heavy atom. The molecule has 5 nitrogen and oxygen atoms in total. The zero-order chi connectivity index (χ0) is 8.27. The summed E-state index contributed by atoms with van der Waals surface area (Å²) in [5.41, 5.74) is 0. The Balaban J connectivity index is 2.42. The second-order valence-corrected chi connectivity index (χ2v) is 2.25. The van der Waals surface area contributed by atoms with Gasteiger partial charge in [0, 0.05) is 6.54 Å². The van der Waals surface area contributed by atoms with E-state index in [1.54, 1.807) is 0 Å². The van der Waals surface area contributed by atoms with Crippen molar-refractivity contribution in [3.05, 3.63) is 0 Å². The van der Waals surface area contributed by atoms with Gasteiger partial charge in [-0.3, -0.25) is 9.59 Å². The van der Waals surface area contributed by atoms with E-state index in [9.17, 15) is 9.59 Å². The Morgan fingerprint density at radius 1 is 1.82 bits per heavy atom. The first-order chi connectivity index (χ1) is 5.20. The standard InChI is InChI=1S/C6H9NO4/c8-5(9)3-4-6(10)7-1-2-11-4/h4H,1-3H2,(H,7,10)(H,8,9). The summed E-state index contributed by atoms with van der Waals surface area (Å²) in [4.78, 5) is 21.0.